The van der Waals surface area contributed by atoms with Crippen molar-refractivity contribution in [2.24, 2.45) is 0 Å². The molecule has 0 saturated heterocycles. The number of hydrogen-bond donors (Lipinski definition) is 2. The molecule has 2 N–H and O–H groups in total. The molecule has 1 aromatic heterocycles. The third-order valence-electron chi connectivity index (χ3n) is 3.39. The van der Waals surface area contributed by atoms with Crippen molar-refractivity contribution in [2.45, 2.75) is 25.7 Å². The number of phenols is 1. The number of ether oxygens (including phenoxy) is 1. The van der Waals surface area contributed by atoms with Gasteiger partial charge < -0.3 is 14.8 Å². The van der Waals surface area contributed by atoms with E-state index in [1.807, 2.05) is 6.92 Å². The Morgan fingerprint density at radius 1 is 1.48 bits per heavy atom. The number of rotatable bonds is 4. The van der Waals surface area contributed by atoms with Crippen molar-refractivity contribution in [1.29, 1.82) is 0 Å². The second kappa shape index (κ2) is 5.52. The lowest BCUT2D eigenvalue weighted by molar-refractivity contribution is 0.318. The summed E-state index contributed by atoms with van der Waals surface area (Å²) >= 11 is 3.31. The average molecular weight is 351 g/mol. The van der Waals surface area contributed by atoms with Gasteiger partial charge in [-0.3, -0.25) is 4.79 Å². The van der Waals surface area contributed by atoms with Crippen molar-refractivity contribution in [3.8, 4) is 22.9 Å². The largest absolute Gasteiger partial charge is 0.504 e. The number of nitrogens with zero attached hydrogens (tertiary/aromatic N) is 1. The Bertz CT molecular complexity index is 738. The third-order valence-corrected chi connectivity index (χ3v) is 4.15. The van der Waals surface area contributed by atoms with E-state index in [1.165, 1.54) is 0 Å². The highest BCUT2D eigenvalue weighted by molar-refractivity contribution is 9.10. The van der Waals surface area contributed by atoms with Crippen molar-refractivity contribution in [1.82, 2.24) is 9.97 Å². The van der Waals surface area contributed by atoms with Gasteiger partial charge in [-0.1, -0.05) is 0 Å². The van der Waals surface area contributed by atoms with E-state index >= 15 is 0 Å². The number of H-pyrrole nitrogens is 1. The SMILES string of the molecule is CCOc1cc(-c2nc(C3CC3)c(Br)c(=O)[nH]2)ccc1O. The number of benzene rings is 1. The van der Waals surface area contributed by atoms with Crippen LogP contribution in [0.4, 0.5) is 0 Å². The maximum atomic E-state index is 12.0. The van der Waals surface area contributed by atoms with Crippen molar-refractivity contribution in [2.75, 3.05) is 6.61 Å². The molecule has 0 atom stereocenters. The fourth-order valence-electron chi connectivity index (χ4n) is 2.17. The Morgan fingerprint density at radius 2 is 2.24 bits per heavy atom. The lowest BCUT2D eigenvalue weighted by atomic mass is 10.1. The summed E-state index contributed by atoms with van der Waals surface area (Å²) in [5.74, 6) is 1.31. The number of nitrogens with one attached hydrogen (secondary N) is 1. The van der Waals surface area contributed by atoms with E-state index in [0.717, 1.165) is 18.5 Å². The minimum atomic E-state index is -0.187. The number of aromatic amines is 1. The molecule has 1 saturated carbocycles. The highest BCUT2D eigenvalue weighted by Crippen LogP contribution is 2.41. The standard InChI is InChI=1S/C15H15BrN2O3/c1-2-21-11-7-9(5-6-10(11)19)14-17-13(8-3-4-8)12(16)15(20)18-14/h5-8,19H,2-4H2,1H3,(H,17,18,20). The van der Waals surface area contributed by atoms with E-state index in [2.05, 4.69) is 25.9 Å². The van der Waals surface area contributed by atoms with Gasteiger partial charge in [0.2, 0.25) is 0 Å². The number of aromatic hydroxyl groups is 1. The summed E-state index contributed by atoms with van der Waals surface area (Å²) in [6.07, 6.45) is 2.13. The van der Waals surface area contributed by atoms with Gasteiger partial charge >= 0.3 is 0 Å². The zero-order valence-corrected chi connectivity index (χ0v) is 13.1. The summed E-state index contributed by atoms with van der Waals surface area (Å²) in [4.78, 5) is 19.3. The Kier molecular flexibility index (Phi) is 3.71. The van der Waals surface area contributed by atoms with E-state index in [4.69, 9.17) is 4.74 Å². The molecule has 6 heteroatoms. The van der Waals surface area contributed by atoms with Crippen LogP contribution < -0.4 is 10.3 Å². The summed E-state index contributed by atoms with van der Waals surface area (Å²) in [6, 6.07) is 4.93. The molecule has 0 radical (unpaired) electrons. The van der Waals surface area contributed by atoms with Gasteiger partial charge in [0.15, 0.2) is 11.5 Å². The first-order valence-corrected chi connectivity index (χ1v) is 7.65. The first kappa shape index (κ1) is 14.1. The van der Waals surface area contributed by atoms with E-state index in [0.29, 0.717) is 34.1 Å². The Labute approximate surface area is 130 Å². The maximum Gasteiger partial charge on any atom is 0.265 e. The van der Waals surface area contributed by atoms with Crippen LogP contribution in [-0.2, 0) is 0 Å². The van der Waals surface area contributed by atoms with E-state index in [9.17, 15) is 9.90 Å². The van der Waals surface area contributed by atoms with Crippen LogP contribution >= 0.6 is 15.9 Å². The molecule has 5 nitrogen and oxygen atoms in total. The maximum absolute atomic E-state index is 12.0. The first-order chi connectivity index (χ1) is 10.1. The van der Waals surface area contributed by atoms with Gasteiger partial charge in [-0.2, -0.15) is 0 Å². The molecule has 1 fully saturated rings. The van der Waals surface area contributed by atoms with Gasteiger partial charge in [0, 0.05) is 11.5 Å². The number of hydrogen-bond acceptors (Lipinski definition) is 4. The Hall–Kier alpha value is -1.82. The minimum Gasteiger partial charge on any atom is -0.504 e. The van der Waals surface area contributed by atoms with Gasteiger partial charge in [0.05, 0.1) is 12.3 Å². The number of halogens is 1. The lowest BCUT2D eigenvalue weighted by Gasteiger charge is -2.09. The molecule has 110 valence electrons. The first-order valence-electron chi connectivity index (χ1n) is 6.86. The summed E-state index contributed by atoms with van der Waals surface area (Å²) in [6.45, 7) is 2.30. The molecule has 1 heterocycles. The van der Waals surface area contributed by atoms with Crippen LogP contribution in [0.15, 0.2) is 27.5 Å². The molecule has 1 aromatic carbocycles. The van der Waals surface area contributed by atoms with Crippen molar-refractivity contribution in [3.63, 3.8) is 0 Å². The van der Waals surface area contributed by atoms with Gasteiger partial charge in [0.25, 0.3) is 5.56 Å². The van der Waals surface area contributed by atoms with Gasteiger partial charge in [0.1, 0.15) is 10.3 Å². The Balaban J connectivity index is 2.08. The molecule has 21 heavy (non-hydrogen) atoms. The third kappa shape index (κ3) is 2.81. The number of phenolic OH excluding ortho intramolecular Hbond substituents is 1. The fourth-order valence-corrected chi connectivity index (χ4v) is 2.68. The van der Waals surface area contributed by atoms with Crippen molar-refractivity contribution >= 4 is 15.9 Å². The number of aromatic nitrogens is 2. The second-order valence-corrected chi connectivity index (χ2v) is 5.80. The van der Waals surface area contributed by atoms with E-state index in [1.54, 1.807) is 18.2 Å². The quantitative estimate of drug-likeness (QED) is 0.887. The summed E-state index contributed by atoms with van der Waals surface area (Å²) in [5.41, 5.74) is 1.33. The molecular weight excluding hydrogens is 336 g/mol. The predicted octanol–water partition coefficient (Wildman–Crippen LogP) is 3.18. The van der Waals surface area contributed by atoms with E-state index < -0.39 is 0 Å². The smallest absolute Gasteiger partial charge is 0.265 e. The van der Waals surface area contributed by atoms with Crippen LogP contribution in [-0.4, -0.2) is 21.7 Å². The zero-order chi connectivity index (χ0) is 15.0. The molecule has 0 spiro atoms. The molecular formula is C15H15BrN2O3. The van der Waals surface area contributed by atoms with Crippen LogP contribution in [0.3, 0.4) is 0 Å². The van der Waals surface area contributed by atoms with Gasteiger partial charge in [-0.05, 0) is 53.9 Å². The fraction of sp³-hybridized carbons (Fsp3) is 0.333. The average Bonchev–Trinajstić information content (AvgIpc) is 3.29. The summed E-state index contributed by atoms with van der Waals surface area (Å²) < 4.78 is 5.88. The molecule has 1 aliphatic rings. The molecule has 3 rings (SSSR count). The van der Waals surface area contributed by atoms with Crippen LogP contribution in [0.5, 0.6) is 11.5 Å². The highest BCUT2D eigenvalue weighted by Gasteiger charge is 2.29. The van der Waals surface area contributed by atoms with E-state index in [-0.39, 0.29) is 11.3 Å². The topological polar surface area (TPSA) is 75.2 Å². The predicted molar refractivity (Wildman–Crippen MR) is 82.8 cm³/mol. The molecule has 0 unspecified atom stereocenters. The van der Waals surface area contributed by atoms with Crippen molar-refractivity contribution in [3.05, 3.63) is 38.7 Å². The second-order valence-electron chi connectivity index (χ2n) is 5.00. The normalized spacial score (nSPS) is 14.2. The summed E-state index contributed by atoms with van der Waals surface area (Å²) in [7, 11) is 0. The van der Waals surface area contributed by atoms with Crippen molar-refractivity contribution < 1.29 is 9.84 Å². The van der Waals surface area contributed by atoms with Gasteiger partial charge in [-0.25, -0.2) is 4.98 Å². The highest BCUT2D eigenvalue weighted by atomic mass is 79.9. The molecule has 1 aliphatic carbocycles. The molecule has 0 bridgehead atoms. The van der Waals surface area contributed by atoms with Gasteiger partial charge in [-0.15, -0.1) is 0 Å². The molecule has 0 amide bonds. The lowest BCUT2D eigenvalue weighted by Crippen LogP contribution is -2.13. The Morgan fingerprint density at radius 3 is 2.90 bits per heavy atom. The van der Waals surface area contributed by atoms with Crippen LogP contribution in [0.1, 0.15) is 31.4 Å². The van der Waals surface area contributed by atoms with Crippen LogP contribution in [0.25, 0.3) is 11.4 Å². The monoisotopic (exact) mass is 350 g/mol. The zero-order valence-electron chi connectivity index (χ0n) is 11.5. The minimum absolute atomic E-state index is 0.0717. The molecule has 2 aromatic rings. The van der Waals surface area contributed by atoms with Crippen LogP contribution in [0.2, 0.25) is 0 Å². The van der Waals surface area contributed by atoms with Crippen LogP contribution in [0, 0.1) is 0 Å². The molecule has 0 aliphatic heterocycles. The summed E-state index contributed by atoms with van der Waals surface area (Å²) in [5, 5.41) is 9.74.